The molecule has 8 heteroatoms. The molecular weight excluding hydrogens is 444 g/mol. The van der Waals surface area contributed by atoms with Crippen molar-refractivity contribution in [2.75, 3.05) is 39.3 Å². The SMILES string of the molecule is CC(C)(C)OC(=O)NCC1CCN(Cc2ccccc2)C1.CC(C)(C)OC(=O)NCC1CCNC1. The number of nitrogens with zero attached hydrogens (tertiary/aromatic N) is 1. The molecule has 2 amide bonds. The van der Waals surface area contributed by atoms with Crippen LogP contribution in [0.4, 0.5) is 9.59 Å². The molecule has 2 atom stereocenters. The Balaban J connectivity index is 0.000000269. The standard InChI is InChI=1S/C17H26N2O2.C10H20N2O2/c1-17(2,3)21-16(20)18-11-15-9-10-19(13-15)12-14-7-5-4-6-8-14;1-10(2,3)14-9(13)12-7-8-4-5-11-6-8/h4-8,15H,9-13H2,1-3H3,(H,18,20);8,11H,4-7H2,1-3H3,(H,12,13). The monoisotopic (exact) mass is 490 g/mol. The molecule has 3 N–H and O–H groups in total. The fourth-order valence-corrected chi connectivity index (χ4v) is 4.04. The van der Waals surface area contributed by atoms with E-state index in [1.54, 1.807) is 0 Å². The van der Waals surface area contributed by atoms with Gasteiger partial charge >= 0.3 is 12.2 Å². The molecule has 1 aromatic carbocycles. The van der Waals surface area contributed by atoms with E-state index in [0.717, 1.165) is 45.6 Å². The van der Waals surface area contributed by atoms with Gasteiger partial charge in [-0.3, -0.25) is 4.90 Å². The Bertz CT molecular complexity index is 768. The number of ether oxygens (including phenoxy) is 2. The lowest BCUT2D eigenvalue weighted by molar-refractivity contribution is 0.0508. The minimum Gasteiger partial charge on any atom is -0.444 e. The van der Waals surface area contributed by atoms with Gasteiger partial charge in [0.15, 0.2) is 0 Å². The summed E-state index contributed by atoms with van der Waals surface area (Å²) in [6.45, 7) is 17.8. The topological polar surface area (TPSA) is 91.9 Å². The molecule has 0 aromatic heterocycles. The average molecular weight is 491 g/mol. The van der Waals surface area contributed by atoms with Gasteiger partial charge in [-0.2, -0.15) is 0 Å². The zero-order chi connectivity index (χ0) is 25.9. The zero-order valence-electron chi connectivity index (χ0n) is 22.5. The van der Waals surface area contributed by atoms with Crippen LogP contribution in [-0.4, -0.2) is 67.6 Å². The molecule has 2 aliphatic rings. The summed E-state index contributed by atoms with van der Waals surface area (Å²) >= 11 is 0. The fourth-order valence-electron chi connectivity index (χ4n) is 4.04. The van der Waals surface area contributed by atoms with Crippen molar-refractivity contribution >= 4 is 12.2 Å². The molecule has 0 spiro atoms. The highest BCUT2D eigenvalue weighted by Gasteiger charge is 2.24. The second kappa shape index (κ2) is 13.7. The van der Waals surface area contributed by atoms with Crippen LogP contribution in [-0.2, 0) is 16.0 Å². The van der Waals surface area contributed by atoms with Gasteiger partial charge in [-0.15, -0.1) is 0 Å². The number of hydrogen-bond acceptors (Lipinski definition) is 6. The molecule has 0 bridgehead atoms. The molecule has 0 radical (unpaired) electrons. The lowest BCUT2D eigenvalue weighted by Gasteiger charge is -2.21. The van der Waals surface area contributed by atoms with Crippen LogP contribution in [0.15, 0.2) is 30.3 Å². The first-order valence-electron chi connectivity index (χ1n) is 12.8. The summed E-state index contributed by atoms with van der Waals surface area (Å²) in [5.74, 6) is 1.07. The molecule has 3 rings (SSSR count). The molecule has 0 aliphatic carbocycles. The van der Waals surface area contributed by atoms with Crippen molar-refractivity contribution in [3.63, 3.8) is 0 Å². The van der Waals surface area contributed by atoms with Crippen LogP contribution in [0.1, 0.15) is 59.9 Å². The summed E-state index contributed by atoms with van der Waals surface area (Å²) in [7, 11) is 0. The molecule has 1 aromatic rings. The predicted octanol–water partition coefficient (Wildman–Crippen LogP) is 4.15. The van der Waals surface area contributed by atoms with Crippen LogP contribution in [0.5, 0.6) is 0 Å². The van der Waals surface area contributed by atoms with Crippen molar-refractivity contribution in [2.45, 2.75) is 72.1 Å². The highest BCUT2D eigenvalue weighted by atomic mass is 16.6. The summed E-state index contributed by atoms with van der Waals surface area (Å²) in [4.78, 5) is 25.3. The van der Waals surface area contributed by atoms with Crippen molar-refractivity contribution in [3.8, 4) is 0 Å². The molecule has 198 valence electrons. The number of rotatable bonds is 6. The Morgan fingerprint density at radius 3 is 2.00 bits per heavy atom. The largest absolute Gasteiger partial charge is 0.444 e. The first-order valence-corrected chi connectivity index (χ1v) is 12.8. The normalized spacial score (nSPS) is 20.5. The van der Waals surface area contributed by atoms with Crippen molar-refractivity contribution in [1.82, 2.24) is 20.9 Å². The second-order valence-corrected chi connectivity index (χ2v) is 11.5. The summed E-state index contributed by atoms with van der Waals surface area (Å²) in [5, 5.41) is 8.91. The highest BCUT2D eigenvalue weighted by molar-refractivity contribution is 5.68. The van der Waals surface area contributed by atoms with Gasteiger partial charge in [0.2, 0.25) is 0 Å². The zero-order valence-corrected chi connectivity index (χ0v) is 22.5. The molecule has 0 saturated carbocycles. The van der Waals surface area contributed by atoms with E-state index >= 15 is 0 Å². The summed E-state index contributed by atoms with van der Waals surface area (Å²) in [6, 6.07) is 10.5. The van der Waals surface area contributed by atoms with Gasteiger partial charge in [-0.05, 0) is 91.4 Å². The molecule has 2 aliphatic heterocycles. The molecule has 2 unspecified atom stereocenters. The first kappa shape index (κ1) is 28.9. The number of carbonyl (C=O) groups is 2. The Hall–Kier alpha value is -2.32. The van der Waals surface area contributed by atoms with Gasteiger partial charge in [0.05, 0.1) is 0 Å². The van der Waals surface area contributed by atoms with Gasteiger partial charge in [-0.1, -0.05) is 30.3 Å². The van der Waals surface area contributed by atoms with E-state index < -0.39 is 11.2 Å². The van der Waals surface area contributed by atoms with E-state index in [4.69, 9.17) is 9.47 Å². The van der Waals surface area contributed by atoms with Crippen LogP contribution in [0.3, 0.4) is 0 Å². The van der Waals surface area contributed by atoms with E-state index in [9.17, 15) is 9.59 Å². The lowest BCUT2D eigenvalue weighted by Crippen LogP contribution is -2.35. The third-order valence-electron chi connectivity index (χ3n) is 5.65. The molecule has 2 saturated heterocycles. The number of amides is 2. The van der Waals surface area contributed by atoms with Crippen LogP contribution in [0.25, 0.3) is 0 Å². The summed E-state index contributed by atoms with van der Waals surface area (Å²) in [5.41, 5.74) is 0.509. The van der Waals surface area contributed by atoms with Crippen LogP contribution in [0.2, 0.25) is 0 Å². The van der Waals surface area contributed by atoms with Crippen LogP contribution >= 0.6 is 0 Å². The number of alkyl carbamates (subject to hydrolysis) is 2. The Kier molecular flexibility index (Phi) is 11.3. The number of benzene rings is 1. The maximum atomic E-state index is 11.6. The van der Waals surface area contributed by atoms with Gasteiger partial charge in [-0.25, -0.2) is 9.59 Å². The molecular formula is C27H46N4O4. The van der Waals surface area contributed by atoms with Gasteiger partial charge < -0.3 is 25.4 Å². The van der Waals surface area contributed by atoms with Gasteiger partial charge in [0.1, 0.15) is 11.2 Å². The Morgan fingerprint density at radius 1 is 0.914 bits per heavy atom. The fraction of sp³-hybridized carbons (Fsp3) is 0.704. The number of nitrogens with one attached hydrogen (secondary N) is 3. The number of carbonyl (C=O) groups excluding carboxylic acids is 2. The smallest absolute Gasteiger partial charge is 0.407 e. The average Bonchev–Trinajstić information content (AvgIpc) is 3.42. The minimum absolute atomic E-state index is 0.315. The van der Waals surface area contributed by atoms with E-state index in [-0.39, 0.29) is 12.2 Å². The predicted molar refractivity (Wildman–Crippen MR) is 139 cm³/mol. The molecule has 8 nitrogen and oxygen atoms in total. The van der Waals surface area contributed by atoms with Crippen molar-refractivity contribution in [3.05, 3.63) is 35.9 Å². The van der Waals surface area contributed by atoms with Crippen LogP contribution < -0.4 is 16.0 Å². The highest BCUT2D eigenvalue weighted by Crippen LogP contribution is 2.18. The van der Waals surface area contributed by atoms with E-state index in [0.29, 0.717) is 24.9 Å². The lowest BCUT2D eigenvalue weighted by atomic mass is 10.1. The second-order valence-electron chi connectivity index (χ2n) is 11.5. The van der Waals surface area contributed by atoms with Gasteiger partial charge in [0.25, 0.3) is 0 Å². The quantitative estimate of drug-likeness (QED) is 0.555. The Labute approximate surface area is 211 Å². The van der Waals surface area contributed by atoms with E-state index in [2.05, 4.69) is 45.1 Å². The van der Waals surface area contributed by atoms with Crippen molar-refractivity contribution in [2.24, 2.45) is 11.8 Å². The van der Waals surface area contributed by atoms with E-state index in [1.807, 2.05) is 47.6 Å². The minimum atomic E-state index is -0.431. The van der Waals surface area contributed by atoms with E-state index in [1.165, 1.54) is 5.56 Å². The summed E-state index contributed by atoms with van der Waals surface area (Å²) in [6.07, 6.45) is 1.63. The van der Waals surface area contributed by atoms with Crippen molar-refractivity contribution in [1.29, 1.82) is 0 Å². The number of hydrogen-bond donors (Lipinski definition) is 3. The third kappa shape index (κ3) is 13.4. The van der Waals surface area contributed by atoms with Gasteiger partial charge in [0, 0.05) is 26.2 Å². The molecule has 35 heavy (non-hydrogen) atoms. The van der Waals surface area contributed by atoms with Crippen molar-refractivity contribution < 1.29 is 19.1 Å². The first-order chi connectivity index (χ1) is 16.4. The maximum absolute atomic E-state index is 11.6. The third-order valence-corrected chi connectivity index (χ3v) is 5.65. The maximum Gasteiger partial charge on any atom is 0.407 e. The Morgan fingerprint density at radius 2 is 1.49 bits per heavy atom. The molecule has 2 fully saturated rings. The summed E-state index contributed by atoms with van der Waals surface area (Å²) < 4.78 is 10.4. The molecule has 2 heterocycles. The number of likely N-dealkylation sites (tertiary alicyclic amines) is 1. The van der Waals surface area contributed by atoms with Crippen LogP contribution in [0, 0.1) is 11.8 Å².